The molecule has 3 aliphatic rings. The summed E-state index contributed by atoms with van der Waals surface area (Å²) in [6, 6.07) is 5.74. The van der Waals surface area contributed by atoms with Crippen molar-refractivity contribution < 1.29 is 18.8 Å². The molecular formula is C23H32Cl2N3O3+. The minimum Gasteiger partial charge on any atom is -0.423 e. The highest BCUT2D eigenvalue weighted by molar-refractivity contribution is 6.42. The Bertz CT molecular complexity index is 845. The summed E-state index contributed by atoms with van der Waals surface area (Å²) in [5.41, 5.74) is 0.861. The first-order valence-electron chi connectivity index (χ1n) is 11.3. The lowest BCUT2D eigenvalue weighted by Gasteiger charge is -2.55. The van der Waals surface area contributed by atoms with E-state index in [0.29, 0.717) is 29.2 Å². The number of quaternary nitrogens is 1. The fourth-order valence-electron chi connectivity index (χ4n) is 5.93. The topological polar surface area (TPSA) is 49.9 Å². The Hall–Kier alpha value is -1.34. The zero-order valence-electron chi connectivity index (χ0n) is 18.4. The molecule has 2 saturated heterocycles. The maximum absolute atomic E-state index is 13.5. The van der Waals surface area contributed by atoms with E-state index in [4.69, 9.17) is 27.9 Å². The van der Waals surface area contributed by atoms with Crippen molar-refractivity contribution in [2.75, 3.05) is 40.3 Å². The van der Waals surface area contributed by atoms with Crippen LogP contribution in [0.5, 0.6) is 0 Å². The van der Waals surface area contributed by atoms with Gasteiger partial charge in [0.2, 0.25) is 5.91 Å². The minimum atomic E-state index is -0.200. The molecule has 3 fully saturated rings. The zero-order chi connectivity index (χ0) is 22.2. The predicted molar refractivity (Wildman–Crippen MR) is 121 cm³/mol. The van der Waals surface area contributed by atoms with Crippen LogP contribution < -0.4 is 0 Å². The molecule has 2 heterocycles. The third-order valence-corrected chi connectivity index (χ3v) is 8.29. The van der Waals surface area contributed by atoms with E-state index in [2.05, 4.69) is 9.80 Å². The zero-order valence-corrected chi connectivity index (χ0v) is 19.9. The van der Waals surface area contributed by atoms with Crippen molar-refractivity contribution in [3.63, 3.8) is 0 Å². The van der Waals surface area contributed by atoms with E-state index < -0.39 is 0 Å². The van der Waals surface area contributed by atoms with Gasteiger partial charge >= 0.3 is 6.09 Å². The van der Waals surface area contributed by atoms with Crippen LogP contribution in [0.3, 0.4) is 0 Å². The Balaban J connectivity index is 1.63. The molecule has 8 heteroatoms. The molecule has 170 valence electrons. The molecule has 1 saturated carbocycles. The van der Waals surface area contributed by atoms with E-state index in [0.717, 1.165) is 37.9 Å². The predicted octanol–water partition coefficient (Wildman–Crippen LogP) is 3.98. The van der Waals surface area contributed by atoms with E-state index in [9.17, 15) is 9.59 Å². The Morgan fingerprint density at radius 3 is 2.52 bits per heavy atom. The lowest BCUT2D eigenvalue weighted by atomic mass is 9.80. The van der Waals surface area contributed by atoms with E-state index in [1.165, 1.54) is 20.0 Å². The molecule has 0 radical (unpaired) electrons. The van der Waals surface area contributed by atoms with Crippen molar-refractivity contribution in [2.45, 2.75) is 56.7 Å². The number of nitrogens with zero attached hydrogens (tertiary/aromatic N) is 3. The molecule has 0 bridgehead atoms. The number of ether oxygens (including phenoxy) is 1. The van der Waals surface area contributed by atoms with Gasteiger partial charge < -0.3 is 9.64 Å². The summed E-state index contributed by atoms with van der Waals surface area (Å²) in [4.78, 5) is 31.0. The van der Waals surface area contributed by atoms with Gasteiger partial charge in [-0.2, -0.15) is 4.79 Å². The average Bonchev–Trinajstić information content (AvgIpc) is 3.30. The van der Waals surface area contributed by atoms with Crippen LogP contribution in [0, 0.1) is 0 Å². The van der Waals surface area contributed by atoms with Gasteiger partial charge in [-0.25, -0.2) is 4.48 Å². The molecule has 1 aromatic rings. The summed E-state index contributed by atoms with van der Waals surface area (Å²) in [5.74, 6) is 0.0931. The summed E-state index contributed by atoms with van der Waals surface area (Å²) >= 11 is 12.2. The van der Waals surface area contributed by atoms with Crippen LogP contribution >= 0.6 is 23.2 Å². The number of benzene rings is 1. The van der Waals surface area contributed by atoms with Gasteiger partial charge in [-0.05, 0) is 56.5 Å². The summed E-state index contributed by atoms with van der Waals surface area (Å²) in [7, 11) is 3.44. The number of hydrogen-bond acceptors (Lipinski definition) is 4. The van der Waals surface area contributed by atoms with Crippen LogP contribution in [0.2, 0.25) is 10.0 Å². The monoisotopic (exact) mass is 468 g/mol. The first-order valence-corrected chi connectivity index (χ1v) is 12.0. The standard InChI is InChI=1S/C23H32Cl2N3O3/c1-28(23(30)31-2)13-12-27(21(29)15-16-8-9-17(24)18(25)14-16)22-19(6-5-7-20(22)28)26-10-3-4-11-26/h8-9,14,19-20,22H,3-7,10-13,15H2,1-2H3/q+1. The van der Waals surface area contributed by atoms with Gasteiger partial charge in [-0.15, -0.1) is 0 Å². The molecule has 4 unspecified atom stereocenters. The molecule has 0 N–H and O–H groups in total. The van der Waals surface area contributed by atoms with Gasteiger partial charge in [0.05, 0.1) is 43.2 Å². The molecule has 2 amide bonds. The number of methoxy groups -OCH3 is 1. The van der Waals surface area contributed by atoms with Crippen LogP contribution in [0.15, 0.2) is 18.2 Å². The third kappa shape index (κ3) is 4.32. The SMILES string of the molecule is COC(=O)[N+]1(C)CCN(C(=O)Cc2ccc(Cl)c(Cl)c2)C2C(N3CCCC3)CCCC21. The van der Waals surface area contributed by atoms with Crippen LogP contribution in [0.1, 0.15) is 37.7 Å². The summed E-state index contributed by atoms with van der Waals surface area (Å²) in [5, 5.41) is 0.953. The fourth-order valence-corrected chi connectivity index (χ4v) is 6.25. The van der Waals surface area contributed by atoms with Crippen molar-refractivity contribution in [2.24, 2.45) is 0 Å². The van der Waals surface area contributed by atoms with Crippen molar-refractivity contribution in [1.29, 1.82) is 0 Å². The number of carbonyl (C=O) groups excluding carboxylic acids is 2. The Labute approximate surface area is 194 Å². The molecule has 2 aliphatic heterocycles. The summed E-state index contributed by atoms with van der Waals surface area (Å²) in [6.07, 6.45) is 5.56. The van der Waals surface area contributed by atoms with E-state index in [1.54, 1.807) is 12.1 Å². The second kappa shape index (κ2) is 9.26. The second-order valence-corrected chi connectivity index (χ2v) is 10.1. The van der Waals surface area contributed by atoms with Crippen molar-refractivity contribution >= 4 is 35.2 Å². The van der Waals surface area contributed by atoms with Crippen molar-refractivity contribution in [3.8, 4) is 0 Å². The number of likely N-dealkylation sites (tertiary alicyclic amines) is 1. The number of likely N-dealkylation sites (N-methyl/N-ethyl adjacent to an activating group) is 1. The smallest absolute Gasteiger partial charge is 0.423 e. The number of halogens is 2. The molecule has 1 aromatic carbocycles. The number of fused-ring (bicyclic) bond motifs is 1. The van der Waals surface area contributed by atoms with E-state index in [-0.39, 0.29) is 35.0 Å². The van der Waals surface area contributed by atoms with Crippen molar-refractivity contribution in [1.82, 2.24) is 9.80 Å². The molecule has 1 aliphatic carbocycles. The van der Waals surface area contributed by atoms with Gasteiger partial charge in [0.15, 0.2) is 0 Å². The van der Waals surface area contributed by atoms with Crippen LogP contribution in [0.4, 0.5) is 4.79 Å². The largest absolute Gasteiger partial charge is 0.515 e. The lowest BCUT2D eigenvalue weighted by molar-refractivity contribution is -0.873. The molecule has 0 aromatic heterocycles. The quantitative estimate of drug-likeness (QED) is 0.629. The molecular weight excluding hydrogens is 437 g/mol. The van der Waals surface area contributed by atoms with Gasteiger partial charge in [-0.1, -0.05) is 29.3 Å². The van der Waals surface area contributed by atoms with E-state index >= 15 is 0 Å². The number of carbonyl (C=O) groups is 2. The first-order chi connectivity index (χ1) is 14.8. The summed E-state index contributed by atoms with van der Waals surface area (Å²) in [6.45, 7) is 3.28. The average molecular weight is 469 g/mol. The second-order valence-electron chi connectivity index (χ2n) is 9.27. The van der Waals surface area contributed by atoms with Crippen LogP contribution in [-0.4, -0.2) is 84.7 Å². The molecule has 4 rings (SSSR count). The molecule has 4 atom stereocenters. The van der Waals surface area contributed by atoms with Gasteiger partial charge in [0.25, 0.3) is 0 Å². The highest BCUT2D eigenvalue weighted by atomic mass is 35.5. The van der Waals surface area contributed by atoms with Gasteiger partial charge in [-0.3, -0.25) is 9.69 Å². The van der Waals surface area contributed by atoms with Crippen LogP contribution in [-0.2, 0) is 16.0 Å². The van der Waals surface area contributed by atoms with Gasteiger partial charge in [0, 0.05) is 12.5 Å². The first kappa shape index (κ1) is 22.8. The van der Waals surface area contributed by atoms with Gasteiger partial charge in [0.1, 0.15) is 12.6 Å². The number of amides is 2. The fraction of sp³-hybridized carbons (Fsp3) is 0.652. The Morgan fingerprint density at radius 2 is 1.84 bits per heavy atom. The van der Waals surface area contributed by atoms with Crippen LogP contribution in [0.25, 0.3) is 0 Å². The lowest BCUT2D eigenvalue weighted by Crippen LogP contribution is -2.75. The number of hydrogen-bond donors (Lipinski definition) is 0. The Kier molecular flexibility index (Phi) is 6.82. The normalized spacial score (nSPS) is 31.4. The van der Waals surface area contributed by atoms with E-state index in [1.807, 2.05) is 13.1 Å². The Morgan fingerprint density at radius 1 is 1.10 bits per heavy atom. The maximum atomic E-state index is 13.5. The highest BCUT2D eigenvalue weighted by Gasteiger charge is 2.56. The highest BCUT2D eigenvalue weighted by Crippen LogP contribution is 2.38. The van der Waals surface area contributed by atoms with Crippen molar-refractivity contribution in [3.05, 3.63) is 33.8 Å². The maximum Gasteiger partial charge on any atom is 0.515 e. The molecule has 31 heavy (non-hydrogen) atoms. The minimum absolute atomic E-state index is 0.0139. The number of rotatable bonds is 3. The molecule has 6 nitrogen and oxygen atoms in total. The third-order valence-electron chi connectivity index (χ3n) is 7.55. The summed E-state index contributed by atoms with van der Waals surface area (Å²) < 4.78 is 5.46. The number of piperazine rings is 1. The molecule has 0 spiro atoms.